The molecular formula is C21H29IN4O2S. The Hall–Kier alpha value is -1.65. The van der Waals surface area contributed by atoms with Gasteiger partial charge in [0.05, 0.1) is 13.1 Å². The summed E-state index contributed by atoms with van der Waals surface area (Å²) in [6, 6.07) is 11.9. The summed E-state index contributed by atoms with van der Waals surface area (Å²) in [4.78, 5) is 19.2. The van der Waals surface area contributed by atoms with Crippen LogP contribution in [0.4, 0.5) is 5.69 Å². The predicted molar refractivity (Wildman–Crippen MR) is 130 cm³/mol. The third-order valence-electron chi connectivity index (χ3n) is 4.74. The zero-order chi connectivity index (χ0) is 20.0. The zero-order valence-electron chi connectivity index (χ0n) is 16.9. The number of halogens is 1. The highest BCUT2D eigenvalue weighted by Gasteiger charge is 2.24. The molecule has 2 heterocycles. The molecule has 1 fully saturated rings. The number of thiophene rings is 1. The molecule has 8 heteroatoms. The van der Waals surface area contributed by atoms with E-state index in [9.17, 15) is 9.90 Å². The second kappa shape index (κ2) is 10.9. The fourth-order valence-electron chi connectivity index (χ4n) is 3.14. The Balaban J connectivity index is 0.00000300. The van der Waals surface area contributed by atoms with Gasteiger partial charge in [-0.1, -0.05) is 18.2 Å². The quantitative estimate of drug-likeness (QED) is 0.293. The fraction of sp³-hybridized carbons (Fsp3) is 0.429. The van der Waals surface area contributed by atoms with Crippen LogP contribution in [-0.2, 0) is 16.9 Å². The van der Waals surface area contributed by atoms with Crippen molar-refractivity contribution >= 4 is 52.9 Å². The molecule has 29 heavy (non-hydrogen) atoms. The molecule has 1 aromatic heterocycles. The molecule has 0 aliphatic carbocycles. The van der Waals surface area contributed by atoms with Crippen molar-refractivity contribution in [3.8, 4) is 0 Å². The summed E-state index contributed by atoms with van der Waals surface area (Å²) in [5.41, 5.74) is 1.07. The van der Waals surface area contributed by atoms with E-state index >= 15 is 0 Å². The van der Waals surface area contributed by atoms with Crippen molar-refractivity contribution in [3.63, 3.8) is 0 Å². The Kier molecular flexibility index (Phi) is 8.91. The van der Waals surface area contributed by atoms with Gasteiger partial charge >= 0.3 is 0 Å². The van der Waals surface area contributed by atoms with Gasteiger partial charge < -0.3 is 20.6 Å². The van der Waals surface area contributed by atoms with Gasteiger partial charge in [0, 0.05) is 30.1 Å². The van der Waals surface area contributed by atoms with Crippen molar-refractivity contribution in [2.24, 2.45) is 4.99 Å². The van der Waals surface area contributed by atoms with Crippen molar-refractivity contribution in [2.45, 2.75) is 38.8 Å². The molecule has 3 N–H and O–H groups in total. The van der Waals surface area contributed by atoms with Crippen LogP contribution in [0.2, 0.25) is 0 Å². The first kappa shape index (κ1) is 23.6. The second-order valence-corrected chi connectivity index (χ2v) is 8.06. The SMILES string of the molecule is CCNC(=NCc1ccc(N2CCCC2=O)cc1)NCC(C)(O)c1cccs1.I. The van der Waals surface area contributed by atoms with Crippen LogP contribution < -0.4 is 15.5 Å². The van der Waals surface area contributed by atoms with E-state index in [0.717, 1.165) is 35.6 Å². The van der Waals surface area contributed by atoms with Gasteiger partial charge in [-0.3, -0.25) is 4.79 Å². The van der Waals surface area contributed by atoms with Crippen molar-refractivity contribution in [1.82, 2.24) is 10.6 Å². The number of rotatable bonds is 7. The number of amides is 1. The highest BCUT2D eigenvalue weighted by Crippen LogP contribution is 2.24. The van der Waals surface area contributed by atoms with Gasteiger partial charge in [0.2, 0.25) is 5.91 Å². The number of hydrogen-bond acceptors (Lipinski definition) is 4. The summed E-state index contributed by atoms with van der Waals surface area (Å²) < 4.78 is 0. The first-order valence-corrected chi connectivity index (χ1v) is 10.6. The fourth-order valence-corrected chi connectivity index (χ4v) is 3.93. The lowest BCUT2D eigenvalue weighted by Gasteiger charge is -2.23. The Labute approximate surface area is 193 Å². The lowest BCUT2D eigenvalue weighted by atomic mass is 10.1. The topological polar surface area (TPSA) is 77.0 Å². The molecular weight excluding hydrogens is 499 g/mol. The molecule has 2 aromatic rings. The molecule has 1 atom stereocenters. The van der Waals surface area contributed by atoms with Crippen LogP contribution in [-0.4, -0.2) is 36.6 Å². The molecule has 1 amide bonds. The number of aliphatic hydroxyl groups is 1. The monoisotopic (exact) mass is 528 g/mol. The van der Waals surface area contributed by atoms with E-state index in [0.29, 0.717) is 25.5 Å². The van der Waals surface area contributed by atoms with Crippen LogP contribution >= 0.6 is 35.3 Å². The van der Waals surface area contributed by atoms with Crippen LogP contribution in [0.15, 0.2) is 46.8 Å². The van der Waals surface area contributed by atoms with E-state index in [1.807, 2.05) is 53.6 Å². The maximum Gasteiger partial charge on any atom is 0.227 e. The first-order valence-electron chi connectivity index (χ1n) is 9.67. The van der Waals surface area contributed by atoms with Crippen molar-refractivity contribution in [3.05, 3.63) is 52.2 Å². The van der Waals surface area contributed by atoms with Gasteiger partial charge in [-0.05, 0) is 49.4 Å². The molecule has 158 valence electrons. The number of guanidine groups is 1. The lowest BCUT2D eigenvalue weighted by molar-refractivity contribution is -0.117. The minimum absolute atomic E-state index is 0. The smallest absolute Gasteiger partial charge is 0.227 e. The standard InChI is InChI=1S/C21H28N4O2S.HI/c1-3-22-20(24-15-21(2,27)18-6-5-13-28-18)23-14-16-8-10-17(11-9-16)25-12-4-7-19(25)26;/h5-6,8-11,13,27H,3-4,7,12,14-15H2,1-2H3,(H2,22,23,24);1H. The van der Waals surface area contributed by atoms with E-state index in [4.69, 9.17) is 0 Å². The predicted octanol–water partition coefficient (Wildman–Crippen LogP) is 3.46. The molecule has 3 rings (SSSR count). The zero-order valence-corrected chi connectivity index (χ0v) is 20.0. The van der Waals surface area contributed by atoms with E-state index in [1.165, 1.54) is 11.3 Å². The maximum atomic E-state index is 11.9. The molecule has 0 spiro atoms. The number of anilines is 1. The number of carbonyl (C=O) groups excluding carboxylic acids is 1. The minimum Gasteiger partial charge on any atom is -0.383 e. The van der Waals surface area contributed by atoms with E-state index in [1.54, 1.807) is 6.92 Å². The second-order valence-electron chi connectivity index (χ2n) is 7.12. The minimum atomic E-state index is -0.950. The van der Waals surface area contributed by atoms with Crippen molar-refractivity contribution in [2.75, 3.05) is 24.5 Å². The van der Waals surface area contributed by atoms with Gasteiger partial charge in [0.25, 0.3) is 0 Å². The van der Waals surface area contributed by atoms with Gasteiger partial charge in [0.1, 0.15) is 5.60 Å². The van der Waals surface area contributed by atoms with Crippen molar-refractivity contribution < 1.29 is 9.90 Å². The highest BCUT2D eigenvalue weighted by atomic mass is 127. The Morgan fingerprint density at radius 2 is 2.03 bits per heavy atom. The lowest BCUT2D eigenvalue weighted by Crippen LogP contribution is -2.44. The van der Waals surface area contributed by atoms with E-state index < -0.39 is 5.60 Å². The summed E-state index contributed by atoms with van der Waals surface area (Å²) >= 11 is 1.54. The molecule has 1 aromatic carbocycles. The van der Waals surface area contributed by atoms with E-state index in [-0.39, 0.29) is 29.9 Å². The number of benzene rings is 1. The number of nitrogens with zero attached hydrogens (tertiary/aromatic N) is 2. The molecule has 1 aliphatic heterocycles. The number of hydrogen-bond donors (Lipinski definition) is 3. The number of aliphatic imine (C=N–C) groups is 1. The molecule has 1 aliphatic rings. The Morgan fingerprint density at radius 1 is 1.28 bits per heavy atom. The molecule has 6 nitrogen and oxygen atoms in total. The molecule has 1 unspecified atom stereocenters. The van der Waals surface area contributed by atoms with E-state index in [2.05, 4.69) is 15.6 Å². The summed E-state index contributed by atoms with van der Waals surface area (Å²) in [7, 11) is 0. The summed E-state index contributed by atoms with van der Waals surface area (Å²) in [5.74, 6) is 0.861. The van der Waals surface area contributed by atoms with Gasteiger partial charge in [-0.25, -0.2) is 4.99 Å². The Bertz CT molecular complexity index is 807. The van der Waals surface area contributed by atoms with Crippen LogP contribution in [0, 0.1) is 0 Å². The summed E-state index contributed by atoms with van der Waals surface area (Å²) in [5, 5.41) is 19.1. The van der Waals surface area contributed by atoms with Crippen LogP contribution in [0.1, 0.15) is 37.1 Å². The summed E-state index contributed by atoms with van der Waals surface area (Å²) in [6.07, 6.45) is 1.57. The van der Waals surface area contributed by atoms with Gasteiger partial charge in [-0.15, -0.1) is 35.3 Å². The highest BCUT2D eigenvalue weighted by molar-refractivity contribution is 14.0. The number of nitrogens with one attached hydrogen (secondary N) is 2. The van der Waals surface area contributed by atoms with Crippen molar-refractivity contribution in [1.29, 1.82) is 0 Å². The maximum absolute atomic E-state index is 11.9. The largest absolute Gasteiger partial charge is 0.383 e. The molecule has 1 saturated heterocycles. The third kappa shape index (κ3) is 6.42. The molecule has 0 radical (unpaired) electrons. The van der Waals surface area contributed by atoms with Gasteiger partial charge in [-0.2, -0.15) is 0 Å². The van der Waals surface area contributed by atoms with Gasteiger partial charge in [0.15, 0.2) is 5.96 Å². The normalized spacial score (nSPS) is 16.3. The Morgan fingerprint density at radius 3 is 2.62 bits per heavy atom. The molecule has 0 saturated carbocycles. The number of carbonyl (C=O) groups is 1. The first-order chi connectivity index (χ1) is 13.5. The van der Waals surface area contributed by atoms with Crippen LogP contribution in [0.25, 0.3) is 0 Å². The molecule has 0 bridgehead atoms. The summed E-state index contributed by atoms with van der Waals surface area (Å²) in [6.45, 7) is 6.24. The van der Waals surface area contributed by atoms with Crippen LogP contribution in [0.5, 0.6) is 0 Å². The average molecular weight is 528 g/mol. The third-order valence-corrected chi connectivity index (χ3v) is 5.86. The average Bonchev–Trinajstić information content (AvgIpc) is 3.37. The van der Waals surface area contributed by atoms with Crippen LogP contribution in [0.3, 0.4) is 0 Å².